The Morgan fingerprint density at radius 2 is 1.83 bits per heavy atom. The highest BCUT2D eigenvalue weighted by molar-refractivity contribution is 5.17. The highest BCUT2D eigenvalue weighted by atomic mass is 15.1. The number of aromatic nitrogens is 1. The Hall–Kier alpha value is -1.67. The van der Waals surface area contributed by atoms with Crippen LogP contribution in [0.2, 0.25) is 0 Å². The van der Waals surface area contributed by atoms with Crippen LogP contribution in [0.15, 0.2) is 54.9 Å². The average Bonchev–Trinajstić information content (AvgIpc) is 2.89. The van der Waals surface area contributed by atoms with Crippen LogP contribution in [-0.2, 0) is 6.54 Å². The molecular formula is C16H19N2+. The van der Waals surface area contributed by atoms with Gasteiger partial charge in [-0.1, -0.05) is 30.3 Å². The number of hydrogen-bond donors (Lipinski definition) is 1. The molecule has 92 valence electrons. The summed E-state index contributed by atoms with van der Waals surface area (Å²) in [4.78, 5) is 5.79. The van der Waals surface area contributed by atoms with Crippen LogP contribution in [0.5, 0.6) is 0 Å². The fourth-order valence-electron chi connectivity index (χ4n) is 2.90. The summed E-state index contributed by atoms with van der Waals surface area (Å²) >= 11 is 0. The molecule has 18 heavy (non-hydrogen) atoms. The number of hydrogen-bond acceptors (Lipinski definition) is 1. The van der Waals surface area contributed by atoms with Crippen LogP contribution in [0.25, 0.3) is 0 Å². The normalized spacial score (nSPS) is 23.1. The maximum Gasteiger partial charge on any atom is 0.103 e. The molecule has 1 aromatic carbocycles. The molecule has 0 radical (unpaired) electrons. The van der Waals surface area contributed by atoms with Crippen molar-refractivity contribution in [3.8, 4) is 0 Å². The van der Waals surface area contributed by atoms with Gasteiger partial charge < -0.3 is 4.90 Å². The van der Waals surface area contributed by atoms with Gasteiger partial charge in [-0.3, -0.25) is 4.98 Å². The number of rotatable bonds is 3. The molecule has 1 N–H and O–H groups in total. The molecule has 1 unspecified atom stereocenters. The summed E-state index contributed by atoms with van der Waals surface area (Å²) in [6, 6.07) is 15.1. The molecule has 0 bridgehead atoms. The first-order valence-electron chi connectivity index (χ1n) is 6.69. The largest absolute Gasteiger partial charge is 0.331 e. The van der Waals surface area contributed by atoms with Crippen molar-refractivity contribution < 1.29 is 4.90 Å². The van der Waals surface area contributed by atoms with Crippen LogP contribution in [-0.4, -0.2) is 18.1 Å². The van der Waals surface area contributed by atoms with Crippen molar-refractivity contribution in [1.29, 1.82) is 0 Å². The Bertz CT molecular complexity index is 481. The fourth-order valence-corrected chi connectivity index (χ4v) is 2.90. The minimum atomic E-state index is 0.715. The lowest BCUT2D eigenvalue weighted by Gasteiger charge is -2.13. The van der Waals surface area contributed by atoms with Crippen LogP contribution >= 0.6 is 0 Å². The molecule has 2 aromatic rings. The molecule has 0 aliphatic carbocycles. The highest BCUT2D eigenvalue weighted by Gasteiger charge is 2.27. The topological polar surface area (TPSA) is 17.3 Å². The molecular weight excluding hydrogens is 220 g/mol. The van der Waals surface area contributed by atoms with Crippen LogP contribution in [0, 0.1) is 0 Å². The standard InChI is InChI=1S/C16H18N2/c1-2-4-14(5-3-1)12-18-11-8-16(13-18)15-6-9-17-10-7-15/h1-7,9-10,16H,8,11-13H2/p+1/t16-/m0/s1. The second-order valence-corrected chi connectivity index (χ2v) is 5.13. The molecule has 2 heteroatoms. The Labute approximate surface area is 108 Å². The second-order valence-electron chi connectivity index (χ2n) is 5.13. The van der Waals surface area contributed by atoms with Crippen molar-refractivity contribution in [3.05, 3.63) is 66.0 Å². The van der Waals surface area contributed by atoms with E-state index in [-0.39, 0.29) is 0 Å². The molecule has 2 heterocycles. The lowest BCUT2D eigenvalue weighted by Crippen LogP contribution is -3.08. The van der Waals surface area contributed by atoms with Crippen molar-refractivity contribution in [1.82, 2.24) is 4.98 Å². The lowest BCUT2D eigenvalue weighted by atomic mass is 10.00. The molecule has 1 fully saturated rings. The summed E-state index contributed by atoms with van der Waals surface area (Å²) in [5, 5.41) is 0. The molecule has 1 aliphatic rings. The third-order valence-electron chi connectivity index (χ3n) is 3.86. The van der Waals surface area contributed by atoms with Crippen molar-refractivity contribution in [2.75, 3.05) is 13.1 Å². The lowest BCUT2D eigenvalue weighted by molar-refractivity contribution is -0.902. The molecule has 2 atom stereocenters. The van der Waals surface area contributed by atoms with Gasteiger partial charge in [-0.15, -0.1) is 0 Å². The number of quaternary nitrogens is 1. The van der Waals surface area contributed by atoms with E-state index in [0.29, 0.717) is 5.92 Å². The smallest absolute Gasteiger partial charge is 0.103 e. The van der Waals surface area contributed by atoms with Gasteiger partial charge >= 0.3 is 0 Å². The van der Waals surface area contributed by atoms with Crippen LogP contribution in [0.4, 0.5) is 0 Å². The minimum absolute atomic E-state index is 0.715. The summed E-state index contributed by atoms with van der Waals surface area (Å²) in [6.45, 7) is 3.68. The van der Waals surface area contributed by atoms with Gasteiger partial charge in [0.25, 0.3) is 0 Å². The average molecular weight is 239 g/mol. The highest BCUT2D eigenvalue weighted by Crippen LogP contribution is 2.19. The van der Waals surface area contributed by atoms with Gasteiger partial charge in [-0.25, -0.2) is 0 Å². The maximum absolute atomic E-state index is 4.10. The van der Waals surface area contributed by atoms with Crippen molar-refractivity contribution in [2.45, 2.75) is 18.9 Å². The molecule has 1 aromatic heterocycles. The van der Waals surface area contributed by atoms with E-state index in [1.165, 1.54) is 30.6 Å². The molecule has 1 saturated heterocycles. The quantitative estimate of drug-likeness (QED) is 0.862. The minimum Gasteiger partial charge on any atom is -0.331 e. The first kappa shape index (κ1) is 11.4. The first-order chi connectivity index (χ1) is 8.92. The summed E-state index contributed by atoms with van der Waals surface area (Å²) in [5.41, 5.74) is 2.90. The van der Waals surface area contributed by atoms with Crippen molar-refractivity contribution >= 4 is 0 Å². The number of nitrogens with zero attached hydrogens (tertiary/aromatic N) is 1. The summed E-state index contributed by atoms with van der Waals surface area (Å²) < 4.78 is 0. The molecule has 0 spiro atoms. The second kappa shape index (κ2) is 5.32. The predicted octanol–water partition coefficient (Wildman–Crippen LogP) is 1.65. The number of benzene rings is 1. The fraction of sp³-hybridized carbons (Fsp3) is 0.312. The Balaban J connectivity index is 1.62. The van der Waals surface area contributed by atoms with Gasteiger partial charge in [0.15, 0.2) is 0 Å². The van der Waals surface area contributed by atoms with E-state index >= 15 is 0 Å². The first-order valence-corrected chi connectivity index (χ1v) is 6.69. The zero-order chi connectivity index (χ0) is 12.2. The molecule has 0 amide bonds. The third-order valence-corrected chi connectivity index (χ3v) is 3.86. The van der Waals surface area contributed by atoms with Gasteiger partial charge in [0, 0.05) is 30.3 Å². The summed E-state index contributed by atoms with van der Waals surface area (Å²) in [6.07, 6.45) is 5.11. The zero-order valence-corrected chi connectivity index (χ0v) is 10.5. The van der Waals surface area contributed by atoms with E-state index in [4.69, 9.17) is 0 Å². The molecule has 2 nitrogen and oxygen atoms in total. The van der Waals surface area contributed by atoms with Crippen molar-refractivity contribution in [3.63, 3.8) is 0 Å². The van der Waals surface area contributed by atoms with E-state index in [1.54, 1.807) is 4.90 Å². The number of likely N-dealkylation sites (tertiary alicyclic amines) is 1. The van der Waals surface area contributed by atoms with Gasteiger partial charge in [0.05, 0.1) is 13.1 Å². The van der Waals surface area contributed by atoms with Gasteiger partial charge in [0.2, 0.25) is 0 Å². The van der Waals surface area contributed by atoms with Crippen LogP contribution < -0.4 is 4.90 Å². The molecule has 3 rings (SSSR count). The van der Waals surface area contributed by atoms with E-state index in [9.17, 15) is 0 Å². The summed E-state index contributed by atoms with van der Waals surface area (Å²) in [5.74, 6) is 0.715. The number of nitrogens with one attached hydrogen (secondary N) is 1. The SMILES string of the molecule is c1ccc(C[NH+]2CC[C@H](c3ccncc3)C2)cc1. The Kier molecular flexibility index (Phi) is 3.37. The predicted molar refractivity (Wildman–Crippen MR) is 72.4 cm³/mol. The number of pyridine rings is 1. The zero-order valence-electron chi connectivity index (χ0n) is 10.5. The van der Waals surface area contributed by atoms with Crippen molar-refractivity contribution in [2.24, 2.45) is 0 Å². The van der Waals surface area contributed by atoms with Gasteiger partial charge in [-0.2, -0.15) is 0 Å². The third kappa shape index (κ3) is 2.59. The monoisotopic (exact) mass is 239 g/mol. The molecule has 1 aliphatic heterocycles. The van der Waals surface area contributed by atoms with E-state index in [2.05, 4.69) is 47.4 Å². The Morgan fingerprint density at radius 3 is 2.61 bits per heavy atom. The Morgan fingerprint density at radius 1 is 1.06 bits per heavy atom. The van der Waals surface area contributed by atoms with Crippen LogP contribution in [0.1, 0.15) is 23.5 Å². The van der Waals surface area contributed by atoms with Crippen LogP contribution in [0.3, 0.4) is 0 Å². The molecule has 0 saturated carbocycles. The van der Waals surface area contributed by atoms with E-state index in [1.807, 2.05) is 12.4 Å². The van der Waals surface area contributed by atoms with Gasteiger partial charge in [-0.05, 0) is 17.7 Å². The van der Waals surface area contributed by atoms with E-state index in [0.717, 1.165) is 6.54 Å². The summed E-state index contributed by atoms with van der Waals surface area (Å²) in [7, 11) is 0. The van der Waals surface area contributed by atoms with Gasteiger partial charge in [0.1, 0.15) is 6.54 Å². The maximum atomic E-state index is 4.10. The van der Waals surface area contributed by atoms with E-state index < -0.39 is 0 Å².